The molecule has 6 nitrogen and oxygen atoms in total. The Morgan fingerprint density at radius 2 is 1.95 bits per heavy atom. The summed E-state index contributed by atoms with van der Waals surface area (Å²) in [6, 6.07) is 21.0. The van der Waals surface area contributed by atoms with Crippen molar-refractivity contribution >= 4 is 34.1 Å². The number of hydrogen-bond acceptors (Lipinski definition) is 5. The van der Waals surface area contributed by atoms with Crippen LogP contribution in [0.4, 0.5) is 10.1 Å². The van der Waals surface area contributed by atoms with Crippen molar-refractivity contribution < 1.29 is 13.9 Å². The van der Waals surface area contributed by atoms with Crippen molar-refractivity contribution in [2.75, 3.05) is 18.5 Å². The molecule has 0 aliphatic carbocycles. The van der Waals surface area contributed by atoms with Crippen molar-refractivity contribution in [3.63, 3.8) is 0 Å². The highest BCUT2D eigenvalue weighted by molar-refractivity contribution is 6.30. The standard InChI is InChI=1S/C31H32ClFN4O2/c1-19-18-39-22(17-36-19)13-14-25-26(33)6-4-8-28(25)37-31(38)30(34)29(20-9-11-21(32)12-10-20)24-15-16-35-27-7-3-2-5-23(24)27/h2-12,15-16,19,22,29-30,36H,13-14,17-18,34H2,1H3,(H,37,38)/t19-,22-,29+,30+/m1/s1. The number of para-hydroxylation sites is 1. The van der Waals surface area contributed by atoms with Gasteiger partial charge < -0.3 is 21.1 Å². The molecule has 1 aromatic heterocycles. The van der Waals surface area contributed by atoms with Crippen molar-refractivity contribution in [2.45, 2.75) is 43.9 Å². The number of anilines is 1. The van der Waals surface area contributed by atoms with Gasteiger partial charge in [0, 0.05) is 46.4 Å². The van der Waals surface area contributed by atoms with Crippen LogP contribution in [0.5, 0.6) is 0 Å². The van der Waals surface area contributed by atoms with E-state index in [2.05, 4.69) is 22.5 Å². The molecule has 1 fully saturated rings. The number of aromatic nitrogens is 1. The Hall–Kier alpha value is -3.36. The summed E-state index contributed by atoms with van der Waals surface area (Å²) in [6.07, 6.45) is 2.76. The third-order valence-corrected chi connectivity index (χ3v) is 7.53. The number of morpholine rings is 1. The van der Waals surface area contributed by atoms with Crippen LogP contribution in [0.3, 0.4) is 0 Å². The van der Waals surface area contributed by atoms with Crippen LogP contribution in [0.2, 0.25) is 5.02 Å². The van der Waals surface area contributed by atoms with Gasteiger partial charge >= 0.3 is 0 Å². The molecule has 4 aromatic rings. The Morgan fingerprint density at radius 3 is 2.72 bits per heavy atom. The maximum Gasteiger partial charge on any atom is 0.242 e. The van der Waals surface area contributed by atoms with E-state index >= 15 is 0 Å². The summed E-state index contributed by atoms with van der Waals surface area (Å²) in [5, 5.41) is 7.81. The van der Waals surface area contributed by atoms with Crippen molar-refractivity contribution in [1.29, 1.82) is 0 Å². The first-order valence-corrected chi connectivity index (χ1v) is 13.6. The summed E-state index contributed by atoms with van der Waals surface area (Å²) >= 11 is 6.16. The first-order chi connectivity index (χ1) is 18.9. The number of hydrogen-bond donors (Lipinski definition) is 3. The van der Waals surface area contributed by atoms with Gasteiger partial charge in [-0.1, -0.05) is 48.0 Å². The van der Waals surface area contributed by atoms with E-state index in [-0.39, 0.29) is 11.9 Å². The molecule has 202 valence electrons. The normalized spacial score (nSPS) is 19.0. The lowest BCUT2D eigenvalue weighted by molar-refractivity contribution is -0.117. The number of carbonyl (C=O) groups excluding carboxylic acids is 1. The van der Waals surface area contributed by atoms with Crippen molar-refractivity contribution in [3.05, 3.63) is 107 Å². The summed E-state index contributed by atoms with van der Waals surface area (Å²) in [4.78, 5) is 18.1. The fourth-order valence-electron chi connectivity index (χ4n) is 5.16. The zero-order valence-electron chi connectivity index (χ0n) is 21.7. The van der Waals surface area contributed by atoms with Crippen LogP contribution in [-0.2, 0) is 16.0 Å². The molecule has 0 bridgehead atoms. The molecule has 0 spiro atoms. The molecule has 0 radical (unpaired) electrons. The van der Waals surface area contributed by atoms with Crippen LogP contribution in [0.1, 0.15) is 36.0 Å². The highest BCUT2D eigenvalue weighted by Gasteiger charge is 2.30. The minimum Gasteiger partial charge on any atom is -0.375 e. The second-order valence-corrected chi connectivity index (χ2v) is 10.5. The van der Waals surface area contributed by atoms with E-state index in [9.17, 15) is 9.18 Å². The quantitative estimate of drug-likeness (QED) is 0.274. The molecule has 8 heteroatoms. The Labute approximate surface area is 232 Å². The molecule has 1 saturated heterocycles. The summed E-state index contributed by atoms with van der Waals surface area (Å²) in [5.74, 6) is -1.27. The molecular weight excluding hydrogens is 515 g/mol. The van der Waals surface area contributed by atoms with Crippen LogP contribution in [0.25, 0.3) is 10.9 Å². The molecule has 1 aliphatic rings. The number of ether oxygens (including phenoxy) is 1. The van der Waals surface area contributed by atoms with E-state index in [1.807, 2.05) is 42.5 Å². The monoisotopic (exact) mass is 546 g/mol. The van der Waals surface area contributed by atoms with E-state index in [4.69, 9.17) is 22.1 Å². The van der Waals surface area contributed by atoms with Crippen LogP contribution < -0.4 is 16.4 Å². The van der Waals surface area contributed by atoms with Crippen molar-refractivity contribution in [3.8, 4) is 0 Å². The average Bonchev–Trinajstić information content (AvgIpc) is 2.95. The van der Waals surface area contributed by atoms with Gasteiger partial charge in [0.25, 0.3) is 0 Å². The maximum atomic E-state index is 15.0. The van der Waals surface area contributed by atoms with E-state index in [0.29, 0.717) is 48.3 Å². The zero-order chi connectivity index (χ0) is 27.4. The van der Waals surface area contributed by atoms with Crippen molar-refractivity contribution in [1.82, 2.24) is 10.3 Å². The first kappa shape index (κ1) is 27.2. The number of benzene rings is 3. The minimum absolute atomic E-state index is 0.0131. The fourth-order valence-corrected chi connectivity index (χ4v) is 5.28. The first-order valence-electron chi connectivity index (χ1n) is 13.2. The number of amides is 1. The summed E-state index contributed by atoms with van der Waals surface area (Å²) in [5.41, 5.74) is 10.1. The lowest BCUT2D eigenvalue weighted by atomic mass is 9.83. The summed E-state index contributed by atoms with van der Waals surface area (Å²) in [7, 11) is 0. The molecule has 2 heterocycles. The number of nitrogens with one attached hydrogen (secondary N) is 2. The highest BCUT2D eigenvalue weighted by atomic mass is 35.5. The predicted molar refractivity (Wildman–Crippen MR) is 154 cm³/mol. The minimum atomic E-state index is -0.972. The largest absolute Gasteiger partial charge is 0.375 e. The third kappa shape index (κ3) is 6.28. The predicted octanol–water partition coefficient (Wildman–Crippen LogP) is 5.43. The molecule has 4 N–H and O–H groups in total. The molecule has 1 amide bonds. The molecule has 1 aliphatic heterocycles. The Kier molecular flexibility index (Phi) is 8.53. The van der Waals surface area contributed by atoms with Gasteiger partial charge in [0.1, 0.15) is 5.82 Å². The van der Waals surface area contributed by atoms with Gasteiger partial charge in [0.15, 0.2) is 0 Å². The van der Waals surface area contributed by atoms with Gasteiger partial charge in [-0.25, -0.2) is 4.39 Å². The zero-order valence-corrected chi connectivity index (χ0v) is 22.5. The van der Waals surface area contributed by atoms with Crippen LogP contribution in [0.15, 0.2) is 79.0 Å². The van der Waals surface area contributed by atoms with E-state index in [0.717, 1.165) is 22.0 Å². The SMILES string of the molecule is C[C@@H]1CO[C@H](CCc2c(F)cccc2NC(=O)[C@@H](N)[C@@H](c2ccc(Cl)cc2)c2ccnc3ccccc23)CN1. The number of rotatable bonds is 8. The summed E-state index contributed by atoms with van der Waals surface area (Å²) < 4.78 is 20.8. The molecule has 4 atom stereocenters. The van der Waals surface area contributed by atoms with E-state index in [1.54, 1.807) is 30.5 Å². The fraction of sp³-hybridized carbons (Fsp3) is 0.290. The van der Waals surface area contributed by atoms with Gasteiger partial charge in [-0.05, 0) is 67.3 Å². The van der Waals surface area contributed by atoms with Crippen LogP contribution in [0, 0.1) is 5.82 Å². The van der Waals surface area contributed by atoms with E-state index in [1.165, 1.54) is 6.07 Å². The molecule has 39 heavy (non-hydrogen) atoms. The second-order valence-electron chi connectivity index (χ2n) is 10.0. The van der Waals surface area contributed by atoms with Gasteiger partial charge in [-0.3, -0.25) is 9.78 Å². The highest BCUT2D eigenvalue weighted by Crippen LogP contribution is 2.33. The molecule has 5 rings (SSSR count). The molecule has 0 saturated carbocycles. The topological polar surface area (TPSA) is 89.3 Å². The molecule has 3 aromatic carbocycles. The number of nitrogens with zero attached hydrogens (tertiary/aromatic N) is 1. The van der Waals surface area contributed by atoms with Crippen molar-refractivity contribution in [2.24, 2.45) is 5.73 Å². The van der Waals surface area contributed by atoms with Gasteiger partial charge in [-0.15, -0.1) is 0 Å². The molecule has 0 unspecified atom stereocenters. The Balaban J connectivity index is 1.42. The lowest BCUT2D eigenvalue weighted by Crippen LogP contribution is -2.44. The lowest BCUT2D eigenvalue weighted by Gasteiger charge is -2.28. The maximum absolute atomic E-state index is 15.0. The number of nitrogens with two attached hydrogens (primary N) is 1. The average molecular weight is 547 g/mol. The third-order valence-electron chi connectivity index (χ3n) is 7.28. The number of carbonyl (C=O) groups is 1. The van der Waals surface area contributed by atoms with Gasteiger partial charge in [0.2, 0.25) is 5.91 Å². The smallest absolute Gasteiger partial charge is 0.242 e. The Morgan fingerprint density at radius 1 is 1.15 bits per heavy atom. The Bertz CT molecular complexity index is 1440. The number of fused-ring (bicyclic) bond motifs is 1. The molecular formula is C31H32ClFN4O2. The van der Waals surface area contributed by atoms with E-state index < -0.39 is 17.9 Å². The second kappa shape index (κ2) is 12.2. The van der Waals surface area contributed by atoms with Crippen LogP contribution in [-0.4, -0.2) is 42.2 Å². The van der Waals surface area contributed by atoms with Crippen LogP contribution >= 0.6 is 11.6 Å². The van der Waals surface area contributed by atoms with Gasteiger partial charge in [0.05, 0.1) is 24.3 Å². The summed E-state index contributed by atoms with van der Waals surface area (Å²) in [6.45, 7) is 3.40. The number of pyridine rings is 1. The van der Waals surface area contributed by atoms with Gasteiger partial charge in [-0.2, -0.15) is 0 Å². The number of halogens is 2.